The Morgan fingerprint density at radius 1 is 1.23 bits per heavy atom. The van der Waals surface area contributed by atoms with Crippen LogP contribution in [0.4, 0.5) is 5.69 Å². The molecular weight excluding hydrogens is 422 g/mol. The largest absolute Gasteiger partial charge is 0.385 e. The molecule has 0 aliphatic carbocycles. The quantitative estimate of drug-likeness (QED) is 0.528. The summed E-state index contributed by atoms with van der Waals surface area (Å²) in [6, 6.07) is 3.44. The fraction of sp³-hybridized carbons (Fsp3) is 0.565. The van der Waals surface area contributed by atoms with Gasteiger partial charge >= 0.3 is 0 Å². The molecule has 0 unspecified atom stereocenters. The Morgan fingerprint density at radius 2 is 2.10 bits per heavy atom. The molecule has 2 N–H and O–H groups in total. The summed E-state index contributed by atoms with van der Waals surface area (Å²) >= 11 is 1.68. The van der Waals surface area contributed by atoms with Crippen LogP contribution in [0.5, 0.6) is 0 Å². The molecule has 6 nitrogen and oxygen atoms in total. The predicted molar refractivity (Wildman–Crippen MR) is 134 cm³/mol. The number of ether oxygens (including phenoxy) is 1. The van der Waals surface area contributed by atoms with Gasteiger partial charge in [-0.2, -0.15) is 0 Å². The number of rotatable bonds is 5. The molecule has 1 spiro atoms. The molecule has 3 aromatic heterocycles. The van der Waals surface area contributed by atoms with Gasteiger partial charge in [0.1, 0.15) is 10.7 Å². The third kappa shape index (κ3) is 5.19. The number of aromatic nitrogens is 3. The first-order valence-electron chi connectivity index (χ1n) is 11.3. The fourth-order valence-electron chi connectivity index (χ4n) is 4.53. The van der Waals surface area contributed by atoms with Crippen molar-refractivity contribution in [3.05, 3.63) is 30.0 Å². The molecule has 0 bridgehead atoms. The Bertz CT molecular complexity index is 976. The summed E-state index contributed by atoms with van der Waals surface area (Å²) in [5, 5.41) is 8.03. The first-order valence-corrected chi connectivity index (χ1v) is 15.8. The van der Waals surface area contributed by atoms with E-state index in [1.165, 1.54) is 41.9 Å². The van der Waals surface area contributed by atoms with E-state index >= 15 is 0 Å². The van der Waals surface area contributed by atoms with E-state index in [2.05, 4.69) is 50.9 Å². The summed E-state index contributed by atoms with van der Waals surface area (Å²) in [6.45, 7) is 11.4. The summed E-state index contributed by atoms with van der Waals surface area (Å²) < 4.78 is 4.95. The minimum atomic E-state index is -0.803. The molecule has 0 radical (unpaired) electrons. The highest BCUT2D eigenvalue weighted by Crippen LogP contribution is 2.39. The maximum atomic E-state index is 4.95. The molecule has 5 heterocycles. The number of H-pyrrole nitrogens is 1. The molecule has 1 atom stereocenters. The molecule has 168 valence electrons. The van der Waals surface area contributed by atoms with Crippen LogP contribution in [0.25, 0.3) is 21.6 Å². The number of pyridine rings is 1. The number of anilines is 1. The van der Waals surface area contributed by atoms with Gasteiger partial charge in [0.15, 0.2) is 0 Å². The van der Waals surface area contributed by atoms with E-state index in [9.17, 15) is 0 Å². The van der Waals surface area contributed by atoms with Crippen molar-refractivity contribution in [3.8, 4) is 10.6 Å². The van der Waals surface area contributed by atoms with E-state index in [1.807, 2.05) is 24.0 Å². The summed E-state index contributed by atoms with van der Waals surface area (Å²) in [6.07, 6.45) is 9.64. The van der Waals surface area contributed by atoms with Crippen molar-refractivity contribution in [1.82, 2.24) is 20.3 Å². The third-order valence-electron chi connectivity index (χ3n) is 6.30. The van der Waals surface area contributed by atoms with E-state index in [-0.39, 0.29) is 0 Å². The zero-order valence-corrected chi connectivity index (χ0v) is 21.0. The number of nitrogens with zero attached hydrogens (tertiary/aromatic N) is 3. The minimum Gasteiger partial charge on any atom is -0.385 e. The van der Waals surface area contributed by atoms with Gasteiger partial charge < -0.3 is 19.9 Å². The lowest BCUT2D eigenvalue weighted by atomic mass is 9.97. The van der Waals surface area contributed by atoms with Crippen molar-refractivity contribution in [2.45, 2.75) is 50.5 Å². The molecule has 0 amide bonds. The highest BCUT2D eigenvalue weighted by atomic mass is 32.1. The Kier molecular flexibility index (Phi) is 6.81. The smallest absolute Gasteiger partial charge is 0.140 e. The van der Waals surface area contributed by atoms with Crippen LogP contribution in [-0.4, -0.2) is 61.9 Å². The van der Waals surface area contributed by atoms with Crippen molar-refractivity contribution in [3.63, 3.8) is 0 Å². The maximum absolute atomic E-state index is 4.95. The zero-order valence-electron chi connectivity index (χ0n) is 19.2. The molecule has 8 heteroatoms. The molecule has 31 heavy (non-hydrogen) atoms. The summed E-state index contributed by atoms with van der Waals surface area (Å²) in [5.41, 5.74) is 3.73. The van der Waals surface area contributed by atoms with Crippen LogP contribution >= 0.6 is 11.3 Å². The summed E-state index contributed by atoms with van der Waals surface area (Å²) in [7, 11) is 0.961. The van der Waals surface area contributed by atoms with Gasteiger partial charge in [-0.25, -0.2) is 9.97 Å². The van der Waals surface area contributed by atoms with Gasteiger partial charge in [0, 0.05) is 70.0 Å². The average Bonchev–Trinajstić information content (AvgIpc) is 3.54. The Labute approximate surface area is 190 Å². The normalized spacial score (nSPS) is 21.1. The number of fused-ring (bicyclic) bond motifs is 1. The van der Waals surface area contributed by atoms with Crippen LogP contribution in [0, 0.1) is 0 Å². The van der Waals surface area contributed by atoms with Crippen LogP contribution in [0.1, 0.15) is 19.3 Å². The first-order chi connectivity index (χ1) is 14.9. The lowest BCUT2D eigenvalue weighted by Gasteiger charge is -2.25. The van der Waals surface area contributed by atoms with Crippen LogP contribution in [0.2, 0.25) is 25.7 Å². The van der Waals surface area contributed by atoms with Gasteiger partial charge in [-0.3, -0.25) is 0 Å². The number of thiazole rings is 1. The molecule has 2 aliphatic heterocycles. The molecule has 2 aliphatic rings. The van der Waals surface area contributed by atoms with Crippen molar-refractivity contribution in [2.24, 2.45) is 0 Å². The number of hydrogen-bond donors (Lipinski definition) is 2. The van der Waals surface area contributed by atoms with Crippen molar-refractivity contribution < 1.29 is 4.74 Å². The Hall–Kier alpha value is -1.74. The maximum Gasteiger partial charge on any atom is 0.140 e. The molecule has 2 fully saturated rings. The van der Waals surface area contributed by atoms with E-state index in [0.29, 0.717) is 5.54 Å². The number of methoxy groups -OCH3 is 1. The molecule has 2 saturated heterocycles. The monoisotopic (exact) mass is 457 g/mol. The number of aromatic amines is 1. The van der Waals surface area contributed by atoms with E-state index in [4.69, 9.17) is 4.74 Å². The van der Waals surface area contributed by atoms with Gasteiger partial charge in [-0.05, 0) is 37.9 Å². The van der Waals surface area contributed by atoms with E-state index in [1.54, 1.807) is 18.4 Å². The fourth-order valence-corrected chi connectivity index (χ4v) is 6.01. The number of nitrogens with one attached hydrogen (secondary N) is 2. The third-order valence-corrected chi connectivity index (χ3v) is 8.81. The predicted octanol–water partition coefficient (Wildman–Crippen LogP) is 4.99. The lowest BCUT2D eigenvalue weighted by Crippen LogP contribution is -2.42. The van der Waals surface area contributed by atoms with Crippen LogP contribution < -0.4 is 10.2 Å². The first kappa shape index (κ1) is 22.5. The summed E-state index contributed by atoms with van der Waals surface area (Å²) in [4.78, 5) is 14.8. The minimum absolute atomic E-state index is 0.327. The van der Waals surface area contributed by atoms with E-state index in [0.717, 1.165) is 36.9 Å². The van der Waals surface area contributed by atoms with Crippen LogP contribution in [-0.2, 0) is 4.74 Å². The second-order valence-electron chi connectivity index (χ2n) is 9.88. The SMILES string of the molecule is COCC[Si](C)(C)C.c1csc(-c2c[nH]c3nccc(N4CC[C@]5(CCCN5)C4)c23)n1. The van der Waals surface area contributed by atoms with Crippen molar-refractivity contribution in [1.29, 1.82) is 0 Å². The van der Waals surface area contributed by atoms with Gasteiger partial charge in [-0.15, -0.1) is 11.3 Å². The van der Waals surface area contributed by atoms with E-state index < -0.39 is 8.07 Å². The molecule has 0 aromatic carbocycles. The molecule has 5 rings (SSSR count). The van der Waals surface area contributed by atoms with Crippen molar-refractivity contribution >= 4 is 36.1 Å². The average molecular weight is 458 g/mol. The molecule has 3 aromatic rings. The van der Waals surface area contributed by atoms with Gasteiger partial charge in [-0.1, -0.05) is 19.6 Å². The standard InChI is InChI=1S/C17H19N5S.C6H16OSi/c1-3-17(21-5-1)4-8-22(11-17)13-2-6-18-15-14(13)12(10-20-15)16-19-7-9-23-16;1-7-5-6-8(2,3)4/h2,6-7,9-10,21H,1,3-5,8,11H2,(H,18,20);5-6H2,1-4H3/t17-;/m1./s1. The highest BCUT2D eigenvalue weighted by Gasteiger charge is 2.40. The van der Waals surface area contributed by atoms with Crippen molar-refractivity contribution in [2.75, 3.05) is 38.3 Å². The van der Waals surface area contributed by atoms with Gasteiger partial charge in [0.05, 0.1) is 11.1 Å². The zero-order chi connectivity index (χ0) is 21.9. The Balaban J connectivity index is 0.000000250. The van der Waals surface area contributed by atoms with Gasteiger partial charge in [0.2, 0.25) is 0 Å². The highest BCUT2D eigenvalue weighted by molar-refractivity contribution is 7.13. The second kappa shape index (κ2) is 9.40. The number of hydrogen-bond acceptors (Lipinski definition) is 6. The second-order valence-corrected chi connectivity index (χ2v) is 16.4. The van der Waals surface area contributed by atoms with Crippen LogP contribution in [0.3, 0.4) is 0 Å². The van der Waals surface area contributed by atoms with Gasteiger partial charge in [0.25, 0.3) is 0 Å². The Morgan fingerprint density at radius 3 is 2.74 bits per heavy atom. The molecule has 0 saturated carbocycles. The van der Waals surface area contributed by atoms with Crippen LogP contribution in [0.15, 0.2) is 30.0 Å². The topological polar surface area (TPSA) is 66.1 Å². The summed E-state index contributed by atoms with van der Waals surface area (Å²) in [5.74, 6) is 0. The lowest BCUT2D eigenvalue weighted by molar-refractivity contribution is 0.214. The molecular formula is C23H35N5OSSi.